The second-order valence-corrected chi connectivity index (χ2v) is 2.31. The topological polar surface area (TPSA) is 32.6 Å². The number of halogens is 1. The first-order valence-electron chi connectivity index (χ1n) is 3.69. The summed E-state index contributed by atoms with van der Waals surface area (Å²) in [6, 6.07) is 6.02. The lowest BCUT2D eigenvalue weighted by molar-refractivity contribution is 0.307. The minimum Gasteiger partial charge on any atom is -0.394 e. The molecule has 0 saturated carbocycles. The fourth-order valence-corrected chi connectivity index (χ4v) is 0.777. The molecule has 0 spiro atoms. The van der Waals surface area contributed by atoms with E-state index in [2.05, 4.69) is 4.99 Å². The zero-order valence-corrected chi connectivity index (χ0v) is 6.57. The number of aliphatic hydroxyl groups excluding tert-OH is 1. The van der Waals surface area contributed by atoms with Crippen LogP contribution >= 0.6 is 0 Å². The van der Waals surface area contributed by atoms with Gasteiger partial charge in [-0.1, -0.05) is 12.1 Å². The molecule has 0 fully saturated rings. The van der Waals surface area contributed by atoms with Gasteiger partial charge in [-0.3, -0.25) is 4.99 Å². The van der Waals surface area contributed by atoms with Gasteiger partial charge in [0.05, 0.1) is 13.2 Å². The van der Waals surface area contributed by atoms with E-state index < -0.39 is 0 Å². The van der Waals surface area contributed by atoms with Crippen molar-refractivity contribution in [2.24, 2.45) is 4.99 Å². The molecular weight excluding hydrogens is 157 g/mol. The van der Waals surface area contributed by atoms with Gasteiger partial charge in [0.15, 0.2) is 0 Å². The summed E-state index contributed by atoms with van der Waals surface area (Å²) in [5.41, 5.74) is 0.838. The molecule has 64 valence electrons. The van der Waals surface area contributed by atoms with Gasteiger partial charge in [-0.05, 0) is 17.7 Å². The highest BCUT2D eigenvalue weighted by atomic mass is 19.1. The number of hydrogen-bond donors (Lipinski definition) is 1. The maximum Gasteiger partial charge on any atom is 0.123 e. The molecule has 2 nitrogen and oxygen atoms in total. The smallest absolute Gasteiger partial charge is 0.123 e. The van der Waals surface area contributed by atoms with Gasteiger partial charge in [-0.15, -0.1) is 0 Å². The Hall–Kier alpha value is -1.22. The molecular formula is C9H10FNO. The van der Waals surface area contributed by atoms with Crippen LogP contribution in [0.15, 0.2) is 29.3 Å². The summed E-state index contributed by atoms with van der Waals surface area (Å²) in [5.74, 6) is -0.255. The Bertz CT molecular complexity index is 256. The summed E-state index contributed by atoms with van der Waals surface area (Å²) in [6.45, 7) is 0.426. The number of hydrogen-bond acceptors (Lipinski definition) is 2. The van der Waals surface area contributed by atoms with Crippen LogP contribution in [-0.2, 0) is 0 Å². The zero-order chi connectivity index (χ0) is 8.81. The average molecular weight is 167 g/mol. The van der Waals surface area contributed by atoms with E-state index in [0.29, 0.717) is 6.54 Å². The predicted molar refractivity (Wildman–Crippen MR) is 45.9 cm³/mol. The van der Waals surface area contributed by atoms with Crippen molar-refractivity contribution in [3.05, 3.63) is 35.6 Å². The highest BCUT2D eigenvalue weighted by Crippen LogP contribution is 1.99. The molecule has 0 atom stereocenters. The van der Waals surface area contributed by atoms with Crippen molar-refractivity contribution in [2.45, 2.75) is 0 Å². The van der Waals surface area contributed by atoms with E-state index in [9.17, 15) is 4.39 Å². The van der Waals surface area contributed by atoms with E-state index in [1.54, 1.807) is 18.3 Å². The normalized spacial score (nSPS) is 10.8. The number of benzene rings is 1. The molecule has 0 aliphatic heterocycles. The van der Waals surface area contributed by atoms with Crippen molar-refractivity contribution in [2.75, 3.05) is 13.2 Å². The Morgan fingerprint density at radius 1 is 1.33 bits per heavy atom. The van der Waals surface area contributed by atoms with Crippen LogP contribution in [0.3, 0.4) is 0 Å². The van der Waals surface area contributed by atoms with E-state index in [1.807, 2.05) is 0 Å². The molecule has 1 aromatic rings. The van der Waals surface area contributed by atoms with Crippen LogP contribution in [0.1, 0.15) is 5.56 Å². The Morgan fingerprint density at radius 2 is 2.00 bits per heavy atom. The zero-order valence-electron chi connectivity index (χ0n) is 6.57. The molecule has 3 heteroatoms. The molecule has 0 amide bonds. The molecule has 1 aromatic carbocycles. The van der Waals surface area contributed by atoms with Crippen molar-refractivity contribution in [1.82, 2.24) is 0 Å². The van der Waals surface area contributed by atoms with E-state index in [4.69, 9.17) is 5.11 Å². The lowest BCUT2D eigenvalue weighted by atomic mass is 10.2. The Morgan fingerprint density at radius 3 is 2.58 bits per heavy atom. The largest absolute Gasteiger partial charge is 0.394 e. The lowest BCUT2D eigenvalue weighted by Crippen LogP contribution is -1.89. The SMILES string of the molecule is OCCN=Cc1ccc(F)cc1. The third kappa shape index (κ3) is 2.80. The third-order valence-corrected chi connectivity index (χ3v) is 1.34. The lowest BCUT2D eigenvalue weighted by Gasteiger charge is -1.91. The summed E-state index contributed by atoms with van der Waals surface area (Å²) in [5, 5.41) is 8.41. The minimum atomic E-state index is -0.255. The van der Waals surface area contributed by atoms with Crippen LogP contribution in [-0.4, -0.2) is 24.5 Å². The van der Waals surface area contributed by atoms with E-state index >= 15 is 0 Å². The fraction of sp³-hybridized carbons (Fsp3) is 0.222. The maximum absolute atomic E-state index is 12.4. The third-order valence-electron chi connectivity index (χ3n) is 1.34. The standard InChI is InChI=1S/C9H10FNO/c10-9-3-1-8(2-4-9)7-11-5-6-12/h1-4,7,12H,5-6H2. The van der Waals surface area contributed by atoms with Crippen molar-refractivity contribution in [1.29, 1.82) is 0 Å². The average Bonchev–Trinajstić information content (AvgIpc) is 2.09. The molecule has 1 N–H and O–H groups in total. The van der Waals surface area contributed by atoms with E-state index in [-0.39, 0.29) is 12.4 Å². The van der Waals surface area contributed by atoms with Crippen molar-refractivity contribution >= 4 is 6.21 Å². The van der Waals surface area contributed by atoms with Crippen LogP contribution in [0.25, 0.3) is 0 Å². The number of aliphatic hydroxyl groups is 1. The Balaban J connectivity index is 2.58. The Kier molecular flexibility index (Phi) is 3.41. The quantitative estimate of drug-likeness (QED) is 0.675. The van der Waals surface area contributed by atoms with Gasteiger partial charge in [0.1, 0.15) is 5.82 Å². The molecule has 0 aromatic heterocycles. The first-order valence-corrected chi connectivity index (χ1v) is 3.69. The van der Waals surface area contributed by atoms with Gasteiger partial charge in [0.2, 0.25) is 0 Å². The molecule has 12 heavy (non-hydrogen) atoms. The summed E-state index contributed by atoms with van der Waals surface area (Å²) >= 11 is 0. The van der Waals surface area contributed by atoms with Gasteiger partial charge in [0, 0.05) is 6.21 Å². The van der Waals surface area contributed by atoms with Crippen LogP contribution in [0.2, 0.25) is 0 Å². The van der Waals surface area contributed by atoms with Gasteiger partial charge in [0.25, 0.3) is 0 Å². The van der Waals surface area contributed by atoms with E-state index in [1.165, 1.54) is 12.1 Å². The molecule has 0 bridgehead atoms. The van der Waals surface area contributed by atoms with Crippen molar-refractivity contribution in [3.8, 4) is 0 Å². The van der Waals surface area contributed by atoms with Crippen LogP contribution in [0.4, 0.5) is 4.39 Å². The maximum atomic E-state index is 12.4. The second kappa shape index (κ2) is 4.62. The summed E-state index contributed by atoms with van der Waals surface area (Å²) in [7, 11) is 0. The van der Waals surface area contributed by atoms with Gasteiger partial charge < -0.3 is 5.11 Å². The van der Waals surface area contributed by atoms with Crippen molar-refractivity contribution < 1.29 is 9.50 Å². The fourth-order valence-electron chi connectivity index (χ4n) is 0.777. The predicted octanol–water partition coefficient (Wildman–Crippen LogP) is 1.24. The van der Waals surface area contributed by atoms with E-state index in [0.717, 1.165) is 5.56 Å². The molecule has 0 heterocycles. The first-order chi connectivity index (χ1) is 5.83. The number of nitrogens with zero attached hydrogens (tertiary/aromatic N) is 1. The highest BCUT2D eigenvalue weighted by Gasteiger charge is 1.88. The van der Waals surface area contributed by atoms with Crippen LogP contribution < -0.4 is 0 Å². The molecule has 1 rings (SSSR count). The molecule has 0 unspecified atom stereocenters. The minimum absolute atomic E-state index is 0.0394. The van der Waals surface area contributed by atoms with Crippen LogP contribution in [0.5, 0.6) is 0 Å². The molecule has 0 aliphatic rings. The van der Waals surface area contributed by atoms with Crippen molar-refractivity contribution in [3.63, 3.8) is 0 Å². The molecule has 0 saturated heterocycles. The Labute approximate surface area is 70.4 Å². The summed E-state index contributed by atoms with van der Waals surface area (Å²) < 4.78 is 12.4. The monoisotopic (exact) mass is 167 g/mol. The van der Waals surface area contributed by atoms with Gasteiger partial charge in [-0.2, -0.15) is 0 Å². The van der Waals surface area contributed by atoms with Gasteiger partial charge in [-0.25, -0.2) is 4.39 Å². The summed E-state index contributed by atoms with van der Waals surface area (Å²) in [4.78, 5) is 3.89. The molecule has 0 aliphatic carbocycles. The molecule has 0 radical (unpaired) electrons. The first kappa shape index (κ1) is 8.87. The highest BCUT2D eigenvalue weighted by molar-refractivity contribution is 5.79. The number of rotatable bonds is 3. The summed E-state index contributed by atoms with van der Waals surface area (Å²) in [6.07, 6.45) is 1.61. The van der Waals surface area contributed by atoms with Crippen LogP contribution in [0, 0.1) is 5.82 Å². The van der Waals surface area contributed by atoms with Gasteiger partial charge >= 0.3 is 0 Å². The number of aliphatic imine (C=N–C) groups is 1. The second-order valence-electron chi connectivity index (χ2n) is 2.31.